The second kappa shape index (κ2) is 4.44. The van der Waals surface area contributed by atoms with E-state index in [1.54, 1.807) is 7.11 Å². The van der Waals surface area contributed by atoms with Gasteiger partial charge in [0.05, 0.1) is 23.0 Å². The average Bonchev–Trinajstić information content (AvgIpc) is 2.48. The number of methoxy groups -OCH3 is 1. The third-order valence-corrected chi connectivity index (χ3v) is 2.72. The van der Waals surface area contributed by atoms with Crippen LogP contribution in [0.5, 0.6) is 0 Å². The van der Waals surface area contributed by atoms with E-state index in [2.05, 4.69) is 10.6 Å². The van der Waals surface area contributed by atoms with Crippen LogP contribution >= 0.6 is 0 Å². The second-order valence-corrected chi connectivity index (χ2v) is 3.88. The molecule has 0 amide bonds. The SMILES string of the molecule is COC1CNc2ccc(C(F)(F)F)cc2NC1. The molecule has 17 heavy (non-hydrogen) atoms. The first-order chi connectivity index (χ1) is 8.00. The third kappa shape index (κ3) is 2.63. The first-order valence-electron chi connectivity index (χ1n) is 5.22. The maximum absolute atomic E-state index is 12.5. The minimum atomic E-state index is -4.32. The van der Waals surface area contributed by atoms with Gasteiger partial charge in [-0.05, 0) is 18.2 Å². The van der Waals surface area contributed by atoms with E-state index in [9.17, 15) is 13.2 Å². The number of alkyl halides is 3. The van der Waals surface area contributed by atoms with Crippen LogP contribution in [-0.2, 0) is 10.9 Å². The third-order valence-electron chi connectivity index (χ3n) is 2.72. The van der Waals surface area contributed by atoms with Crippen LogP contribution in [0.2, 0.25) is 0 Å². The molecule has 0 saturated carbocycles. The molecule has 1 aliphatic rings. The van der Waals surface area contributed by atoms with Gasteiger partial charge in [-0.15, -0.1) is 0 Å². The normalized spacial score (nSPS) is 19.9. The summed E-state index contributed by atoms with van der Waals surface area (Å²) in [5.41, 5.74) is 0.471. The Balaban J connectivity index is 2.26. The minimum Gasteiger partial charge on any atom is -0.381 e. The molecule has 0 saturated heterocycles. The van der Waals surface area contributed by atoms with Crippen LogP contribution in [-0.4, -0.2) is 26.3 Å². The summed E-state index contributed by atoms with van der Waals surface area (Å²) >= 11 is 0. The Hall–Kier alpha value is -1.43. The van der Waals surface area contributed by atoms with E-state index in [1.807, 2.05) is 0 Å². The summed E-state index contributed by atoms with van der Waals surface area (Å²) in [4.78, 5) is 0. The number of hydrogen-bond donors (Lipinski definition) is 2. The zero-order chi connectivity index (χ0) is 12.5. The van der Waals surface area contributed by atoms with Crippen LogP contribution in [0.1, 0.15) is 5.56 Å². The van der Waals surface area contributed by atoms with Crippen molar-refractivity contribution in [2.45, 2.75) is 12.3 Å². The Morgan fingerprint density at radius 1 is 1.18 bits per heavy atom. The summed E-state index contributed by atoms with van der Waals surface area (Å²) in [6.07, 6.45) is -4.37. The number of rotatable bonds is 1. The van der Waals surface area contributed by atoms with Crippen molar-refractivity contribution in [1.82, 2.24) is 0 Å². The van der Waals surface area contributed by atoms with Crippen LogP contribution in [0.15, 0.2) is 18.2 Å². The molecule has 0 radical (unpaired) electrons. The highest BCUT2D eigenvalue weighted by Gasteiger charge is 2.31. The molecule has 0 aliphatic carbocycles. The van der Waals surface area contributed by atoms with Crippen molar-refractivity contribution in [3.63, 3.8) is 0 Å². The van der Waals surface area contributed by atoms with E-state index in [0.717, 1.165) is 12.1 Å². The highest BCUT2D eigenvalue weighted by atomic mass is 19.4. The molecule has 2 rings (SSSR count). The summed E-state index contributed by atoms with van der Waals surface area (Å²) < 4.78 is 42.7. The standard InChI is InChI=1S/C11H13F3N2O/c1-17-8-5-15-9-3-2-7(11(12,13)14)4-10(9)16-6-8/h2-4,8,15-16H,5-6H2,1H3. The van der Waals surface area contributed by atoms with Gasteiger partial charge in [-0.1, -0.05) is 0 Å². The Morgan fingerprint density at radius 3 is 2.41 bits per heavy atom. The molecular formula is C11H13F3N2O. The fourth-order valence-corrected chi connectivity index (χ4v) is 1.71. The lowest BCUT2D eigenvalue weighted by Crippen LogP contribution is -2.26. The number of benzene rings is 1. The molecule has 0 spiro atoms. The van der Waals surface area contributed by atoms with Gasteiger partial charge in [0.25, 0.3) is 0 Å². The second-order valence-electron chi connectivity index (χ2n) is 3.88. The molecule has 3 nitrogen and oxygen atoms in total. The summed E-state index contributed by atoms with van der Waals surface area (Å²) in [6.45, 7) is 1.06. The minimum absolute atomic E-state index is 0.0586. The van der Waals surface area contributed by atoms with Crippen molar-refractivity contribution < 1.29 is 17.9 Å². The fraction of sp³-hybridized carbons (Fsp3) is 0.455. The Morgan fingerprint density at radius 2 is 1.82 bits per heavy atom. The summed E-state index contributed by atoms with van der Waals surface area (Å²) in [7, 11) is 1.57. The van der Waals surface area contributed by atoms with E-state index in [4.69, 9.17) is 4.74 Å². The number of hydrogen-bond acceptors (Lipinski definition) is 3. The van der Waals surface area contributed by atoms with E-state index >= 15 is 0 Å². The molecule has 94 valence electrons. The van der Waals surface area contributed by atoms with E-state index < -0.39 is 11.7 Å². The highest BCUT2D eigenvalue weighted by molar-refractivity contribution is 5.70. The maximum Gasteiger partial charge on any atom is 0.416 e. The zero-order valence-corrected chi connectivity index (χ0v) is 9.27. The van der Waals surface area contributed by atoms with Gasteiger partial charge in [0.2, 0.25) is 0 Å². The lowest BCUT2D eigenvalue weighted by atomic mass is 10.1. The molecule has 1 atom stereocenters. The van der Waals surface area contributed by atoms with Gasteiger partial charge in [-0.25, -0.2) is 0 Å². The smallest absolute Gasteiger partial charge is 0.381 e. The van der Waals surface area contributed by atoms with Gasteiger partial charge >= 0.3 is 6.18 Å². The van der Waals surface area contributed by atoms with Crippen molar-refractivity contribution in [2.24, 2.45) is 0 Å². The monoisotopic (exact) mass is 246 g/mol. The molecule has 0 aromatic heterocycles. The van der Waals surface area contributed by atoms with Gasteiger partial charge in [0.15, 0.2) is 0 Å². The molecule has 6 heteroatoms. The van der Waals surface area contributed by atoms with Crippen molar-refractivity contribution in [3.8, 4) is 0 Å². The molecule has 1 aliphatic heterocycles. The molecule has 1 unspecified atom stereocenters. The predicted octanol–water partition coefficient (Wildman–Crippen LogP) is 2.56. The highest BCUT2D eigenvalue weighted by Crippen LogP contribution is 2.34. The summed E-state index contributed by atoms with van der Waals surface area (Å²) in [5.74, 6) is 0. The van der Waals surface area contributed by atoms with Crippen molar-refractivity contribution in [2.75, 3.05) is 30.8 Å². The van der Waals surface area contributed by atoms with Gasteiger partial charge < -0.3 is 15.4 Å². The quantitative estimate of drug-likeness (QED) is 0.799. The van der Waals surface area contributed by atoms with Gasteiger partial charge in [-0.2, -0.15) is 13.2 Å². The van der Waals surface area contributed by atoms with E-state index in [-0.39, 0.29) is 6.10 Å². The summed E-state index contributed by atoms with van der Waals surface area (Å²) in [6, 6.07) is 3.62. The molecule has 2 N–H and O–H groups in total. The first-order valence-corrected chi connectivity index (χ1v) is 5.22. The molecule has 1 heterocycles. The molecule has 1 aromatic rings. The molecule has 0 fully saturated rings. The number of halogens is 3. The first kappa shape index (κ1) is 12.0. The summed E-state index contributed by atoms with van der Waals surface area (Å²) in [5, 5.41) is 6.00. The van der Waals surface area contributed by atoms with Crippen LogP contribution < -0.4 is 10.6 Å². The lowest BCUT2D eigenvalue weighted by molar-refractivity contribution is -0.137. The number of ether oxygens (including phenoxy) is 1. The maximum atomic E-state index is 12.5. The van der Waals surface area contributed by atoms with Gasteiger partial charge in [0, 0.05) is 20.2 Å². The zero-order valence-electron chi connectivity index (χ0n) is 9.27. The number of anilines is 2. The van der Waals surface area contributed by atoms with Crippen molar-refractivity contribution in [1.29, 1.82) is 0 Å². The van der Waals surface area contributed by atoms with Crippen LogP contribution in [0, 0.1) is 0 Å². The lowest BCUT2D eigenvalue weighted by Gasteiger charge is -2.12. The molecule has 1 aromatic carbocycles. The van der Waals surface area contributed by atoms with Crippen LogP contribution in [0.3, 0.4) is 0 Å². The number of nitrogens with one attached hydrogen (secondary N) is 2. The Kier molecular flexibility index (Phi) is 3.15. The Bertz CT molecular complexity index is 406. The topological polar surface area (TPSA) is 33.3 Å². The van der Waals surface area contributed by atoms with E-state index in [1.165, 1.54) is 6.07 Å². The molecule has 0 bridgehead atoms. The van der Waals surface area contributed by atoms with Gasteiger partial charge in [0.1, 0.15) is 0 Å². The predicted molar refractivity (Wildman–Crippen MR) is 59.2 cm³/mol. The number of fused-ring (bicyclic) bond motifs is 1. The van der Waals surface area contributed by atoms with Crippen LogP contribution in [0.4, 0.5) is 24.5 Å². The van der Waals surface area contributed by atoms with E-state index in [0.29, 0.717) is 24.5 Å². The van der Waals surface area contributed by atoms with Gasteiger partial charge in [-0.3, -0.25) is 0 Å². The molecular weight excluding hydrogens is 233 g/mol. The Labute approximate surface area is 97.0 Å². The average molecular weight is 246 g/mol. The van der Waals surface area contributed by atoms with Crippen LogP contribution in [0.25, 0.3) is 0 Å². The van der Waals surface area contributed by atoms with Crippen molar-refractivity contribution >= 4 is 11.4 Å². The van der Waals surface area contributed by atoms with Crippen molar-refractivity contribution in [3.05, 3.63) is 23.8 Å². The largest absolute Gasteiger partial charge is 0.416 e. The fourth-order valence-electron chi connectivity index (χ4n) is 1.71.